The summed E-state index contributed by atoms with van der Waals surface area (Å²) >= 11 is 1.30. The molecular weight excluding hydrogens is 562 g/mol. The smallest absolute Gasteiger partial charge is 0.338 e. The van der Waals surface area contributed by atoms with E-state index in [9.17, 15) is 9.59 Å². The molecular formula is C34H35N3O5S. The van der Waals surface area contributed by atoms with Gasteiger partial charge in [-0.15, -0.1) is 0 Å². The van der Waals surface area contributed by atoms with E-state index in [1.807, 2.05) is 105 Å². The molecule has 0 radical (unpaired) electrons. The molecule has 0 saturated heterocycles. The molecule has 0 unspecified atom stereocenters. The van der Waals surface area contributed by atoms with E-state index >= 15 is 0 Å². The van der Waals surface area contributed by atoms with E-state index in [1.165, 1.54) is 15.9 Å². The van der Waals surface area contributed by atoms with Crippen molar-refractivity contribution in [2.75, 3.05) is 32.2 Å². The van der Waals surface area contributed by atoms with Gasteiger partial charge in [0.05, 0.1) is 23.3 Å². The van der Waals surface area contributed by atoms with Crippen LogP contribution in [0, 0.1) is 0 Å². The summed E-state index contributed by atoms with van der Waals surface area (Å²) in [4.78, 5) is 34.4. The summed E-state index contributed by atoms with van der Waals surface area (Å²) in [6.45, 7) is 6.45. The second-order valence-electron chi connectivity index (χ2n) is 10.2. The van der Waals surface area contributed by atoms with Crippen LogP contribution in [0.25, 0.3) is 11.8 Å². The van der Waals surface area contributed by atoms with Gasteiger partial charge in [-0.3, -0.25) is 9.36 Å². The molecule has 0 fully saturated rings. The number of esters is 1. The molecule has 43 heavy (non-hydrogen) atoms. The van der Waals surface area contributed by atoms with Gasteiger partial charge in [0, 0.05) is 25.5 Å². The van der Waals surface area contributed by atoms with Crippen LogP contribution in [0.1, 0.15) is 43.5 Å². The first-order chi connectivity index (χ1) is 20.8. The monoisotopic (exact) mass is 597 g/mol. The summed E-state index contributed by atoms with van der Waals surface area (Å²) in [5.41, 5.74) is 4.33. The first-order valence-electron chi connectivity index (χ1n) is 14.2. The van der Waals surface area contributed by atoms with Crippen molar-refractivity contribution in [3.05, 3.63) is 115 Å². The van der Waals surface area contributed by atoms with E-state index in [0.29, 0.717) is 45.3 Å². The average Bonchev–Trinajstić information content (AvgIpc) is 3.32. The van der Waals surface area contributed by atoms with Crippen LogP contribution < -0.4 is 29.3 Å². The minimum absolute atomic E-state index is 0.201. The van der Waals surface area contributed by atoms with E-state index in [2.05, 4.69) is 0 Å². The van der Waals surface area contributed by atoms with Gasteiger partial charge in [-0.2, -0.15) is 0 Å². The molecule has 4 aromatic rings. The van der Waals surface area contributed by atoms with Crippen molar-refractivity contribution in [1.29, 1.82) is 0 Å². The largest absolute Gasteiger partial charge is 0.490 e. The molecule has 222 valence electrons. The average molecular weight is 598 g/mol. The summed E-state index contributed by atoms with van der Waals surface area (Å²) in [7, 11) is 3.96. The van der Waals surface area contributed by atoms with Gasteiger partial charge >= 0.3 is 5.97 Å². The number of hydrogen-bond acceptors (Lipinski definition) is 8. The Kier molecular flexibility index (Phi) is 9.11. The molecule has 0 amide bonds. The zero-order chi connectivity index (χ0) is 30.5. The zero-order valence-corrected chi connectivity index (χ0v) is 25.8. The highest BCUT2D eigenvalue weighted by Gasteiger charge is 2.32. The number of benzene rings is 3. The second kappa shape index (κ2) is 13.1. The molecule has 3 aromatic carbocycles. The van der Waals surface area contributed by atoms with Gasteiger partial charge in [0.25, 0.3) is 5.56 Å². The SMILES string of the molecule is CCOC(=O)C1=C(C)n2c(s/c(=C\c3ccc(N(C)C)cc3)c2=O)=N[C@H]1c1ccc(OCc2ccccc2)c(OCC)c1. The second-order valence-corrected chi connectivity index (χ2v) is 11.2. The summed E-state index contributed by atoms with van der Waals surface area (Å²) in [5, 5.41) is 0. The lowest BCUT2D eigenvalue weighted by Crippen LogP contribution is -2.35. The van der Waals surface area contributed by atoms with Gasteiger partial charge in [0.2, 0.25) is 0 Å². The number of fused-ring (bicyclic) bond motifs is 1. The van der Waals surface area contributed by atoms with Crippen LogP contribution in [0.15, 0.2) is 88.2 Å². The number of nitrogens with zero attached hydrogens (tertiary/aromatic N) is 3. The summed E-state index contributed by atoms with van der Waals surface area (Å²) < 4.78 is 19.5. The molecule has 0 N–H and O–H groups in total. The maximum absolute atomic E-state index is 13.6. The fourth-order valence-corrected chi connectivity index (χ4v) is 5.94. The molecule has 9 heteroatoms. The molecule has 0 bridgehead atoms. The molecule has 0 saturated carbocycles. The van der Waals surface area contributed by atoms with E-state index in [0.717, 1.165) is 22.4 Å². The van der Waals surface area contributed by atoms with Crippen molar-refractivity contribution in [2.24, 2.45) is 4.99 Å². The van der Waals surface area contributed by atoms with E-state index in [-0.39, 0.29) is 12.2 Å². The molecule has 5 rings (SSSR count). The van der Waals surface area contributed by atoms with E-state index in [1.54, 1.807) is 13.8 Å². The number of allylic oxidation sites excluding steroid dienone is 1. The third kappa shape index (κ3) is 6.41. The number of aromatic nitrogens is 1. The maximum atomic E-state index is 13.6. The van der Waals surface area contributed by atoms with Gasteiger partial charge in [-0.05, 0) is 67.8 Å². The molecule has 2 heterocycles. The van der Waals surface area contributed by atoms with Crippen molar-refractivity contribution in [1.82, 2.24) is 4.57 Å². The third-order valence-corrected chi connectivity index (χ3v) is 8.05. The number of rotatable bonds is 10. The van der Waals surface area contributed by atoms with Gasteiger partial charge in [-0.1, -0.05) is 59.9 Å². The van der Waals surface area contributed by atoms with Gasteiger partial charge < -0.3 is 19.1 Å². The Balaban J connectivity index is 1.58. The molecule has 0 spiro atoms. The summed E-state index contributed by atoms with van der Waals surface area (Å²) in [6.07, 6.45) is 1.85. The number of carbonyl (C=O) groups is 1. The third-order valence-electron chi connectivity index (χ3n) is 7.07. The normalized spacial score (nSPS) is 14.6. The highest BCUT2D eigenvalue weighted by atomic mass is 32.1. The number of hydrogen-bond donors (Lipinski definition) is 0. The topological polar surface area (TPSA) is 82.4 Å². The predicted molar refractivity (Wildman–Crippen MR) is 170 cm³/mol. The number of carbonyl (C=O) groups excluding carboxylic acids is 1. The highest BCUT2D eigenvalue weighted by molar-refractivity contribution is 7.07. The molecule has 1 aromatic heterocycles. The lowest BCUT2D eigenvalue weighted by molar-refractivity contribution is -0.138. The Bertz CT molecular complexity index is 1820. The van der Waals surface area contributed by atoms with Crippen molar-refractivity contribution in [3.8, 4) is 11.5 Å². The van der Waals surface area contributed by atoms with Crippen LogP contribution >= 0.6 is 11.3 Å². The first kappa shape index (κ1) is 29.8. The lowest BCUT2D eigenvalue weighted by atomic mass is 9.96. The number of ether oxygens (including phenoxy) is 3. The highest BCUT2D eigenvalue weighted by Crippen LogP contribution is 2.37. The molecule has 1 atom stereocenters. The lowest BCUT2D eigenvalue weighted by Gasteiger charge is -2.23. The molecule has 1 aliphatic heterocycles. The van der Waals surface area contributed by atoms with Gasteiger partial charge in [0.15, 0.2) is 16.3 Å². The first-order valence-corrected chi connectivity index (χ1v) is 15.0. The van der Waals surface area contributed by atoms with Crippen LogP contribution in [0.4, 0.5) is 5.69 Å². The predicted octanol–water partition coefficient (Wildman–Crippen LogP) is 4.95. The molecule has 8 nitrogen and oxygen atoms in total. The van der Waals surface area contributed by atoms with Crippen LogP contribution in [-0.4, -0.2) is 37.8 Å². The number of thiazole rings is 1. The summed E-state index contributed by atoms with van der Waals surface area (Å²) in [6, 6.07) is 22.7. The Morgan fingerprint density at radius 3 is 2.40 bits per heavy atom. The minimum atomic E-state index is -0.688. The van der Waals surface area contributed by atoms with Crippen molar-refractivity contribution < 1.29 is 19.0 Å². The number of anilines is 1. The van der Waals surface area contributed by atoms with Crippen LogP contribution in [0.3, 0.4) is 0 Å². The van der Waals surface area contributed by atoms with Gasteiger partial charge in [0.1, 0.15) is 12.6 Å². The van der Waals surface area contributed by atoms with Crippen LogP contribution in [-0.2, 0) is 16.1 Å². The van der Waals surface area contributed by atoms with Crippen LogP contribution in [0.5, 0.6) is 11.5 Å². The summed E-state index contributed by atoms with van der Waals surface area (Å²) in [5.74, 6) is 0.634. The Morgan fingerprint density at radius 2 is 1.72 bits per heavy atom. The molecule has 0 aliphatic carbocycles. The quantitative estimate of drug-likeness (QED) is 0.241. The van der Waals surface area contributed by atoms with Crippen LogP contribution in [0.2, 0.25) is 0 Å². The van der Waals surface area contributed by atoms with E-state index in [4.69, 9.17) is 19.2 Å². The minimum Gasteiger partial charge on any atom is -0.490 e. The Labute approximate surface area is 254 Å². The maximum Gasteiger partial charge on any atom is 0.338 e. The Morgan fingerprint density at radius 1 is 0.977 bits per heavy atom. The standard InChI is InChI=1S/C34H35N3O5S/c1-6-40-28-20-25(15-18-27(28)42-21-24-11-9-8-10-12-24)31-30(33(39)41-7-2)22(3)37-32(38)29(43-34(37)35-31)19-23-13-16-26(17-14-23)36(4)5/h8-20,31H,6-7,21H2,1-5H3/b29-19-/t31-/m0/s1. The van der Waals surface area contributed by atoms with Crippen molar-refractivity contribution in [3.63, 3.8) is 0 Å². The van der Waals surface area contributed by atoms with Gasteiger partial charge in [-0.25, -0.2) is 9.79 Å². The zero-order valence-electron chi connectivity index (χ0n) is 25.0. The molecule has 1 aliphatic rings. The fraction of sp³-hybridized carbons (Fsp3) is 0.265. The Hall–Kier alpha value is -4.63. The van der Waals surface area contributed by atoms with Crippen molar-refractivity contribution in [2.45, 2.75) is 33.4 Å². The van der Waals surface area contributed by atoms with Crippen molar-refractivity contribution >= 4 is 34.8 Å². The van der Waals surface area contributed by atoms with E-state index < -0.39 is 12.0 Å². The fourth-order valence-electron chi connectivity index (χ4n) is 4.90.